The van der Waals surface area contributed by atoms with Crippen LogP contribution in [0, 0.1) is 11.3 Å². The Morgan fingerprint density at radius 1 is 1.88 bits per heavy atom. The maximum Gasteiger partial charge on any atom is 0.0950 e. The normalized spacial score (nSPS) is 12.6. The van der Waals surface area contributed by atoms with Gasteiger partial charge in [0.05, 0.1) is 12.1 Å². The summed E-state index contributed by atoms with van der Waals surface area (Å²) in [6, 6.07) is 1.53. The first-order valence-corrected chi connectivity index (χ1v) is 2.45. The molecule has 0 radical (unpaired) electrons. The number of ether oxygens (including phenoxy) is 1. The molecular formula is C5H10N2O. The summed E-state index contributed by atoms with van der Waals surface area (Å²) >= 11 is 0. The molecule has 0 aliphatic carbocycles. The van der Waals surface area contributed by atoms with Crippen LogP contribution in [0.3, 0.4) is 0 Å². The highest BCUT2D eigenvalue weighted by Gasteiger charge is 1.95. The Balaban J connectivity index is 3.02. The number of nitrogens with two attached hydrogens (primary N) is 1. The third-order valence-electron chi connectivity index (χ3n) is 0.799. The van der Waals surface area contributed by atoms with Crippen molar-refractivity contribution in [1.29, 1.82) is 5.26 Å². The Morgan fingerprint density at radius 3 is 2.88 bits per heavy atom. The minimum Gasteiger partial charge on any atom is -0.385 e. The van der Waals surface area contributed by atoms with Crippen molar-refractivity contribution in [3.63, 3.8) is 0 Å². The fourth-order valence-corrected chi connectivity index (χ4v) is 0.309. The smallest absolute Gasteiger partial charge is 0.0950 e. The lowest BCUT2D eigenvalue weighted by molar-refractivity contribution is 0.192. The zero-order chi connectivity index (χ0) is 6.41. The highest BCUT2D eigenvalue weighted by molar-refractivity contribution is 4.85. The molecule has 0 saturated carbocycles. The number of rotatable bonds is 3. The van der Waals surface area contributed by atoms with Gasteiger partial charge in [-0.3, -0.25) is 0 Å². The Hall–Kier alpha value is -0.590. The molecule has 1 atom stereocenters. The van der Waals surface area contributed by atoms with E-state index in [0.29, 0.717) is 13.0 Å². The lowest BCUT2D eigenvalue weighted by Crippen LogP contribution is -2.18. The first-order chi connectivity index (χ1) is 3.81. The van der Waals surface area contributed by atoms with Crippen molar-refractivity contribution in [1.82, 2.24) is 0 Å². The van der Waals surface area contributed by atoms with Crippen LogP contribution in [-0.2, 0) is 4.74 Å². The van der Waals surface area contributed by atoms with Gasteiger partial charge in [-0.1, -0.05) is 0 Å². The second kappa shape index (κ2) is 4.57. The van der Waals surface area contributed by atoms with Crippen molar-refractivity contribution in [2.24, 2.45) is 5.73 Å². The molecule has 0 amide bonds. The van der Waals surface area contributed by atoms with Gasteiger partial charge in [-0.2, -0.15) is 5.26 Å². The van der Waals surface area contributed by atoms with Crippen LogP contribution in [0.2, 0.25) is 0 Å². The molecule has 0 aromatic rings. The van der Waals surface area contributed by atoms with E-state index >= 15 is 0 Å². The number of hydrogen-bond acceptors (Lipinski definition) is 3. The largest absolute Gasteiger partial charge is 0.385 e. The van der Waals surface area contributed by atoms with Gasteiger partial charge in [0.25, 0.3) is 0 Å². The Labute approximate surface area is 49.0 Å². The second-order valence-electron chi connectivity index (χ2n) is 1.52. The molecule has 8 heavy (non-hydrogen) atoms. The van der Waals surface area contributed by atoms with E-state index < -0.39 is 0 Å². The summed E-state index contributed by atoms with van der Waals surface area (Å²) in [5.41, 5.74) is 5.22. The fraction of sp³-hybridized carbons (Fsp3) is 0.800. The van der Waals surface area contributed by atoms with Gasteiger partial charge in [-0.25, -0.2) is 0 Å². The second-order valence-corrected chi connectivity index (χ2v) is 1.52. The van der Waals surface area contributed by atoms with Crippen LogP contribution < -0.4 is 5.73 Å². The van der Waals surface area contributed by atoms with Crippen molar-refractivity contribution in [3.05, 3.63) is 0 Å². The van der Waals surface area contributed by atoms with E-state index in [0.717, 1.165) is 0 Å². The number of methoxy groups -OCH3 is 1. The highest BCUT2D eigenvalue weighted by atomic mass is 16.5. The maximum atomic E-state index is 8.13. The SMILES string of the molecule is COCC[C@H](N)C#N. The number of nitriles is 1. The first-order valence-electron chi connectivity index (χ1n) is 2.45. The average Bonchev–Trinajstić information content (AvgIpc) is 1.83. The maximum absolute atomic E-state index is 8.13. The zero-order valence-electron chi connectivity index (χ0n) is 4.92. The molecule has 0 rings (SSSR count). The third kappa shape index (κ3) is 3.59. The number of nitrogens with zero attached hydrogens (tertiary/aromatic N) is 1. The van der Waals surface area contributed by atoms with E-state index in [2.05, 4.69) is 4.74 Å². The van der Waals surface area contributed by atoms with Gasteiger partial charge < -0.3 is 10.5 Å². The molecule has 0 aromatic heterocycles. The summed E-state index contributed by atoms with van der Waals surface area (Å²) < 4.78 is 4.68. The molecule has 0 saturated heterocycles. The molecule has 46 valence electrons. The summed E-state index contributed by atoms with van der Waals surface area (Å²) in [5, 5.41) is 8.13. The van der Waals surface area contributed by atoms with E-state index in [-0.39, 0.29) is 6.04 Å². The van der Waals surface area contributed by atoms with Crippen LogP contribution >= 0.6 is 0 Å². The van der Waals surface area contributed by atoms with Crippen molar-refractivity contribution < 1.29 is 4.74 Å². The van der Waals surface area contributed by atoms with Crippen LogP contribution in [0.25, 0.3) is 0 Å². The van der Waals surface area contributed by atoms with Crippen LogP contribution in [0.4, 0.5) is 0 Å². The molecule has 0 unspecified atom stereocenters. The van der Waals surface area contributed by atoms with Gasteiger partial charge in [0.15, 0.2) is 0 Å². The summed E-state index contributed by atoms with van der Waals surface area (Å²) in [6.45, 7) is 0.564. The minimum absolute atomic E-state index is 0.366. The lowest BCUT2D eigenvalue weighted by atomic mass is 10.3. The molecule has 0 bridgehead atoms. The molecule has 0 aliphatic heterocycles. The van der Waals surface area contributed by atoms with Crippen LogP contribution in [-0.4, -0.2) is 19.8 Å². The molecule has 0 fully saturated rings. The summed E-state index contributed by atoms with van der Waals surface area (Å²) in [5.74, 6) is 0. The lowest BCUT2D eigenvalue weighted by Gasteiger charge is -1.97. The van der Waals surface area contributed by atoms with Gasteiger partial charge in [0.1, 0.15) is 0 Å². The van der Waals surface area contributed by atoms with Crippen molar-refractivity contribution >= 4 is 0 Å². The zero-order valence-corrected chi connectivity index (χ0v) is 4.92. The van der Waals surface area contributed by atoms with Crippen molar-refractivity contribution in [3.8, 4) is 6.07 Å². The summed E-state index contributed by atoms with van der Waals surface area (Å²) in [7, 11) is 1.59. The Morgan fingerprint density at radius 2 is 2.50 bits per heavy atom. The van der Waals surface area contributed by atoms with E-state index in [1.165, 1.54) is 0 Å². The van der Waals surface area contributed by atoms with Gasteiger partial charge in [-0.05, 0) is 6.42 Å². The van der Waals surface area contributed by atoms with Crippen molar-refractivity contribution in [2.75, 3.05) is 13.7 Å². The molecule has 2 N–H and O–H groups in total. The van der Waals surface area contributed by atoms with Crippen LogP contribution in [0.1, 0.15) is 6.42 Å². The van der Waals surface area contributed by atoms with Gasteiger partial charge in [0, 0.05) is 13.7 Å². The Bertz CT molecular complexity index is 86.9. The van der Waals surface area contributed by atoms with Gasteiger partial charge in [-0.15, -0.1) is 0 Å². The quantitative estimate of drug-likeness (QED) is 0.556. The van der Waals surface area contributed by atoms with Crippen LogP contribution in [0.15, 0.2) is 0 Å². The first kappa shape index (κ1) is 7.41. The van der Waals surface area contributed by atoms with E-state index in [1.807, 2.05) is 6.07 Å². The molecular weight excluding hydrogens is 104 g/mol. The molecule has 0 spiro atoms. The topological polar surface area (TPSA) is 59.0 Å². The third-order valence-corrected chi connectivity index (χ3v) is 0.799. The molecule has 3 heteroatoms. The fourth-order valence-electron chi connectivity index (χ4n) is 0.309. The van der Waals surface area contributed by atoms with Crippen molar-refractivity contribution in [2.45, 2.75) is 12.5 Å². The van der Waals surface area contributed by atoms with E-state index in [4.69, 9.17) is 11.0 Å². The molecule has 0 aromatic carbocycles. The molecule has 3 nitrogen and oxygen atoms in total. The molecule has 0 aliphatic rings. The standard InChI is InChI=1S/C5H10N2O/c1-8-3-2-5(7)4-6/h5H,2-3,7H2,1H3/t5-/m0/s1. The molecule has 0 heterocycles. The number of hydrogen-bond donors (Lipinski definition) is 1. The minimum atomic E-state index is -0.366. The summed E-state index contributed by atoms with van der Waals surface area (Å²) in [6.07, 6.45) is 0.618. The van der Waals surface area contributed by atoms with Gasteiger partial charge in [0.2, 0.25) is 0 Å². The summed E-state index contributed by atoms with van der Waals surface area (Å²) in [4.78, 5) is 0. The van der Waals surface area contributed by atoms with E-state index in [9.17, 15) is 0 Å². The van der Waals surface area contributed by atoms with Crippen LogP contribution in [0.5, 0.6) is 0 Å². The average molecular weight is 114 g/mol. The predicted octanol–water partition coefficient (Wildman–Crippen LogP) is -0.126. The monoisotopic (exact) mass is 114 g/mol. The van der Waals surface area contributed by atoms with Gasteiger partial charge >= 0.3 is 0 Å². The van der Waals surface area contributed by atoms with E-state index in [1.54, 1.807) is 7.11 Å². The highest BCUT2D eigenvalue weighted by Crippen LogP contribution is 1.83. The Kier molecular flexibility index (Phi) is 4.23. The predicted molar refractivity (Wildman–Crippen MR) is 30.1 cm³/mol.